The molecule has 11 nitrogen and oxygen atoms in total. The molecule has 0 bridgehead atoms. The molecule has 0 aliphatic heterocycles. The van der Waals surface area contributed by atoms with Crippen molar-refractivity contribution in [3.63, 3.8) is 0 Å². The maximum absolute atomic E-state index is 12.0. The van der Waals surface area contributed by atoms with Gasteiger partial charge in [-0.25, -0.2) is 14.7 Å². The molecular formula is C25H33BrN6O5S. The summed E-state index contributed by atoms with van der Waals surface area (Å²) in [4.78, 5) is 16.2. The van der Waals surface area contributed by atoms with Crippen molar-refractivity contribution in [1.82, 2.24) is 24.7 Å². The molecule has 2 N–H and O–H groups in total. The van der Waals surface area contributed by atoms with Crippen LogP contribution in [0.5, 0.6) is 17.6 Å². The first-order valence-corrected chi connectivity index (χ1v) is 14.5. The van der Waals surface area contributed by atoms with Crippen LogP contribution in [0.15, 0.2) is 47.5 Å². The van der Waals surface area contributed by atoms with Gasteiger partial charge < -0.3 is 14.2 Å². The molecule has 206 valence electrons. The molecule has 1 aromatic carbocycles. The van der Waals surface area contributed by atoms with Crippen LogP contribution in [0.2, 0.25) is 0 Å². The fourth-order valence-corrected chi connectivity index (χ4v) is 4.45. The standard InChI is InChI=1S/C18H19BrN6O5S.C7H14/c1-20-31(26,27)25-16-15(12-3-5-13(19)6-4-12)17(24-11-23-16)29-7-8-30-18-21-9-14(28-2)10-22-18;1-7-5-3-2-4-6-7/h3-6,9-11,20H,7-8H2,1-2H3,(H,23,24,25);7H,2-6H2,1H3. The molecule has 0 amide bonds. The summed E-state index contributed by atoms with van der Waals surface area (Å²) in [5.74, 6) is 1.81. The number of anilines is 1. The highest BCUT2D eigenvalue weighted by atomic mass is 79.9. The van der Waals surface area contributed by atoms with E-state index in [-0.39, 0.29) is 30.9 Å². The lowest BCUT2D eigenvalue weighted by Gasteiger charge is -2.15. The number of hydrogen-bond donors (Lipinski definition) is 2. The van der Waals surface area contributed by atoms with Crippen molar-refractivity contribution in [2.75, 3.05) is 32.1 Å². The van der Waals surface area contributed by atoms with E-state index in [0.29, 0.717) is 16.9 Å². The van der Waals surface area contributed by atoms with Gasteiger partial charge in [0.1, 0.15) is 19.5 Å². The lowest BCUT2D eigenvalue weighted by molar-refractivity contribution is 0.201. The van der Waals surface area contributed by atoms with E-state index in [9.17, 15) is 8.42 Å². The van der Waals surface area contributed by atoms with Crippen LogP contribution < -0.4 is 23.7 Å². The predicted octanol–water partition coefficient (Wildman–Crippen LogP) is 4.63. The fourth-order valence-electron chi connectivity index (χ4n) is 3.67. The molecule has 3 aromatic rings. The van der Waals surface area contributed by atoms with Gasteiger partial charge in [0.05, 0.1) is 25.1 Å². The summed E-state index contributed by atoms with van der Waals surface area (Å²) >= 11 is 3.38. The van der Waals surface area contributed by atoms with Crippen LogP contribution in [0.1, 0.15) is 39.0 Å². The Morgan fingerprint density at radius 2 is 1.63 bits per heavy atom. The van der Waals surface area contributed by atoms with Gasteiger partial charge in [-0.05, 0) is 23.6 Å². The van der Waals surface area contributed by atoms with Crippen LogP contribution in [-0.2, 0) is 10.2 Å². The first kappa shape index (κ1) is 29.5. The third kappa shape index (κ3) is 9.37. The Labute approximate surface area is 232 Å². The molecule has 1 aliphatic rings. The molecular weight excluding hydrogens is 576 g/mol. The van der Waals surface area contributed by atoms with Crippen molar-refractivity contribution >= 4 is 32.0 Å². The van der Waals surface area contributed by atoms with Gasteiger partial charge in [-0.3, -0.25) is 4.72 Å². The van der Waals surface area contributed by atoms with Crippen molar-refractivity contribution in [1.29, 1.82) is 0 Å². The number of rotatable bonds is 10. The quantitative estimate of drug-likeness (QED) is 0.315. The molecule has 1 saturated carbocycles. The molecule has 0 atom stereocenters. The number of halogens is 1. The lowest BCUT2D eigenvalue weighted by Crippen LogP contribution is -2.27. The number of hydrogen-bond acceptors (Lipinski definition) is 9. The molecule has 1 aliphatic carbocycles. The van der Waals surface area contributed by atoms with Crippen molar-refractivity contribution in [2.45, 2.75) is 39.0 Å². The van der Waals surface area contributed by atoms with Crippen LogP contribution in [0, 0.1) is 5.92 Å². The number of benzene rings is 1. The second-order valence-electron chi connectivity index (χ2n) is 8.56. The molecule has 0 unspecified atom stereocenters. The Balaban J connectivity index is 0.000000494. The minimum absolute atomic E-state index is 0.0704. The van der Waals surface area contributed by atoms with Gasteiger partial charge >= 0.3 is 6.01 Å². The van der Waals surface area contributed by atoms with E-state index in [2.05, 4.69) is 52.2 Å². The summed E-state index contributed by atoms with van der Waals surface area (Å²) in [7, 11) is -0.994. The summed E-state index contributed by atoms with van der Waals surface area (Å²) in [5.41, 5.74) is 1.04. The van der Waals surface area contributed by atoms with Crippen molar-refractivity contribution in [3.05, 3.63) is 47.5 Å². The number of aromatic nitrogens is 4. The summed E-state index contributed by atoms with van der Waals surface area (Å²) in [6.45, 7) is 2.60. The summed E-state index contributed by atoms with van der Waals surface area (Å²) in [6.07, 6.45) is 11.6. The zero-order valence-corrected chi connectivity index (χ0v) is 24.1. The number of ether oxygens (including phenoxy) is 3. The minimum Gasteiger partial charge on any atom is -0.494 e. The highest BCUT2D eigenvalue weighted by molar-refractivity contribution is 9.10. The third-order valence-electron chi connectivity index (χ3n) is 5.73. The van der Waals surface area contributed by atoms with E-state index in [0.717, 1.165) is 10.4 Å². The van der Waals surface area contributed by atoms with Crippen LogP contribution in [-0.4, -0.2) is 55.7 Å². The van der Waals surface area contributed by atoms with Crippen molar-refractivity contribution < 1.29 is 22.6 Å². The monoisotopic (exact) mass is 608 g/mol. The van der Waals surface area contributed by atoms with E-state index in [4.69, 9.17) is 14.2 Å². The van der Waals surface area contributed by atoms with Crippen LogP contribution in [0.3, 0.4) is 0 Å². The molecule has 2 aromatic heterocycles. The van der Waals surface area contributed by atoms with E-state index >= 15 is 0 Å². The van der Waals surface area contributed by atoms with Gasteiger partial charge in [0.2, 0.25) is 5.88 Å². The Bertz CT molecular complexity index is 1240. The van der Waals surface area contributed by atoms with Crippen LogP contribution in [0.25, 0.3) is 11.1 Å². The minimum atomic E-state index is -3.80. The molecule has 0 saturated heterocycles. The van der Waals surface area contributed by atoms with Gasteiger partial charge in [-0.1, -0.05) is 67.1 Å². The predicted molar refractivity (Wildman–Crippen MR) is 149 cm³/mol. The highest BCUT2D eigenvalue weighted by Gasteiger charge is 2.19. The molecule has 0 radical (unpaired) electrons. The van der Waals surface area contributed by atoms with Gasteiger partial charge in [-0.2, -0.15) is 18.4 Å². The molecule has 38 heavy (non-hydrogen) atoms. The number of nitrogens with one attached hydrogen (secondary N) is 2. The van der Waals surface area contributed by atoms with Crippen LogP contribution in [0.4, 0.5) is 5.82 Å². The van der Waals surface area contributed by atoms with E-state index in [1.807, 2.05) is 12.1 Å². The first-order chi connectivity index (χ1) is 18.3. The molecule has 13 heteroatoms. The Morgan fingerprint density at radius 1 is 0.974 bits per heavy atom. The smallest absolute Gasteiger partial charge is 0.316 e. The van der Waals surface area contributed by atoms with E-state index < -0.39 is 10.2 Å². The van der Waals surface area contributed by atoms with Gasteiger partial charge in [0, 0.05) is 11.5 Å². The second kappa shape index (κ2) is 14.8. The molecule has 0 spiro atoms. The van der Waals surface area contributed by atoms with Crippen LogP contribution >= 0.6 is 15.9 Å². The fraction of sp³-hybridized carbons (Fsp3) is 0.440. The summed E-state index contributed by atoms with van der Waals surface area (Å²) in [6, 6.07) is 7.37. The summed E-state index contributed by atoms with van der Waals surface area (Å²) in [5, 5.41) is 0. The highest BCUT2D eigenvalue weighted by Crippen LogP contribution is 2.34. The maximum atomic E-state index is 12.0. The molecule has 1 fully saturated rings. The molecule has 4 rings (SSSR count). The van der Waals surface area contributed by atoms with Crippen molar-refractivity contribution in [3.8, 4) is 28.8 Å². The zero-order chi connectivity index (χ0) is 27.4. The normalized spacial score (nSPS) is 13.7. The zero-order valence-electron chi connectivity index (χ0n) is 21.7. The van der Waals surface area contributed by atoms with Crippen molar-refractivity contribution in [2.24, 2.45) is 5.92 Å². The van der Waals surface area contributed by atoms with Gasteiger partial charge in [0.15, 0.2) is 11.6 Å². The topological polar surface area (TPSA) is 137 Å². The Morgan fingerprint density at radius 3 is 2.21 bits per heavy atom. The van der Waals surface area contributed by atoms with Gasteiger partial charge in [-0.15, -0.1) is 0 Å². The average molecular weight is 610 g/mol. The second-order valence-corrected chi connectivity index (χ2v) is 11.1. The SMILES string of the molecule is CC1CCCCC1.CNS(=O)(=O)Nc1ncnc(OCCOc2ncc(OC)cn2)c1-c1ccc(Br)cc1. The Kier molecular flexibility index (Phi) is 11.5. The third-order valence-corrected chi connectivity index (χ3v) is 7.26. The van der Waals surface area contributed by atoms with E-state index in [1.54, 1.807) is 12.1 Å². The largest absolute Gasteiger partial charge is 0.494 e. The average Bonchev–Trinajstić information content (AvgIpc) is 2.93. The Hall–Kier alpha value is -3.03. The number of methoxy groups -OCH3 is 1. The van der Waals surface area contributed by atoms with E-state index in [1.165, 1.54) is 65.0 Å². The summed E-state index contributed by atoms with van der Waals surface area (Å²) < 4.78 is 45.6. The first-order valence-electron chi connectivity index (χ1n) is 12.2. The molecule has 2 heterocycles. The lowest BCUT2D eigenvalue weighted by atomic mass is 9.91. The number of nitrogens with zero attached hydrogens (tertiary/aromatic N) is 4. The maximum Gasteiger partial charge on any atom is 0.316 e. The van der Waals surface area contributed by atoms with Gasteiger partial charge in [0.25, 0.3) is 10.2 Å².